The molecule has 0 spiro atoms. The van der Waals surface area contributed by atoms with Gasteiger partial charge in [-0.15, -0.1) is 0 Å². The molecule has 0 fully saturated rings. The van der Waals surface area contributed by atoms with Crippen LogP contribution >= 0.6 is 11.6 Å². The van der Waals surface area contributed by atoms with Gasteiger partial charge in [0.05, 0.1) is 16.7 Å². The Morgan fingerprint density at radius 3 is 1.42 bits per heavy atom. The summed E-state index contributed by atoms with van der Waals surface area (Å²) < 4.78 is 0. The minimum atomic E-state index is 0.460. The molecule has 0 unspecified atom stereocenters. The highest BCUT2D eigenvalue weighted by atomic mass is 35.5. The van der Waals surface area contributed by atoms with Crippen LogP contribution in [0.15, 0.2) is 115 Å². The molecule has 0 aliphatic rings. The molecule has 2 aromatic heterocycles. The highest BCUT2D eigenvalue weighted by Crippen LogP contribution is 2.44. The van der Waals surface area contributed by atoms with Crippen molar-refractivity contribution >= 4 is 33.4 Å². The summed E-state index contributed by atoms with van der Waals surface area (Å²) in [4.78, 5) is 9.88. The second kappa shape index (κ2) is 8.16. The summed E-state index contributed by atoms with van der Waals surface area (Å²) in [5.74, 6) is 0. The molecular formula is C30H19ClN2. The maximum absolute atomic E-state index is 6.39. The third-order valence-corrected chi connectivity index (χ3v) is 6.17. The van der Waals surface area contributed by atoms with Crippen LogP contribution in [0.3, 0.4) is 0 Å². The van der Waals surface area contributed by atoms with Crippen LogP contribution < -0.4 is 0 Å². The maximum atomic E-state index is 6.39. The lowest BCUT2D eigenvalue weighted by Crippen LogP contribution is -1.96. The van der Waals surface area contributed by atoms with Gasteiger partial charge in [-0.1, -0.05) is 103 Å². The summed E-state index contributed by atoms with van der Waals surface area (Å²) in [5.41, 5.74) is 8.23. The Hall–Kier alpha value is -4.01. The van der Waals surface area contributed by atoms with E-state index >= 15 is 0 Å². The summed E-state index contributed by atoms with van der Waals surface area (Å²) >= 11 is 6.39. The molecule has 0 bridgehead atoms. The number of benzene rings is 4. The van der Waals surface area contributed by atoms with Crippen molar-refractivity contribution in [3.05, 3.63) is 120 Å². The van der Waals surface area contributed by atoms with Crippen LogP contribution in [0.4, 0.5) is 0 Å². The number of halogens is 1. The van der Waals surface area contributed by atoms with Gasteiger partial charge < -0.3 is 0 Å². The van der Waals surface area contributed by atoms with Gasteiger partial charge in [-0.2, -0.15) is 0 Å². The summed E-state index contributed by atoms with van der Waals surface area (Å²) in [5, 5.41) is 2.55. The predicted molar refractivity (Wildman–Crippen MR) is 138 cm³/mol. The molecule has 6 rings (SSSR count). The first kappa shape index (κ1) is 19.7. The van der Waals surface area contributed by atoms with E-state index in [0.717, 1.165) is 55.3 Å². The van der Waals surface area contributed by atoms with Crippen molar-refractivity contribution in [2.24, 2.45) is 0 Å². The first-order valence-corrected chi connectivity index (χ1v) is 11.3. The van der Waals surface area contributed by atoms with Gasteiger partial charge in [0.2, 0.25) is 0 Å². The van der Waals surface area contributed by atoms with Gasteiger partial charge in [0, 0.05) is 16.3 Å². The third-order valence-electron chi connectivity index (χ3n) is 5.96. The Morgan fingerprint density at radius 2 is 0.879 bits per heavy atom. The van der Waals surface area contributed by atoms with Gasteiger partial charge in [-0.25, -0.2) is 9.97 Å². The number of pyridine rings is 2. The van der Waals surface area contributed by atoms with E-state index in [2.05, 4.69) is 78.9 Å². The predicted octanol–water partition coefficient (Wildman–Crippen LogP) is 8.44. The van der Waals surface area contributed by atoms with Crippen LogP contribution in [0.2, 0.25) is 5.15 Å². The van der Waals surface area contributed by atoms with E-state index in [1.165, 1.54) is 0 Å². The summed E-state index contributed by atoms with van der Waals surface area (Å²) in [6.07, 6.45) is 0. The standard InChI is InChI=1S/C30H19ClN2/c31-26-19-17-24-28(22-14-8-3-9-15-22)27(21-12-6-2-7-13-21)23-16-18-25(20-10-4-1-5-11-20)32-29(23)30(24)33-26/h1-19H. The van der Waals surface area contributed by atoms with E-state index in [0.29, 0.717) is 5.15 Å². The lowest BCUT2D eigenvalue weighted by atomic mass is 9.87. The number of hydrogen-bond acceptors (Lipinski definition) is 2. The number of aromatic nitrogens is 2. The molecule has 0 aliphatic carbocycles. The van der Waals surface area contributed by atoms with Crippen LogP contribution in [-0.4, -0.2) is 9.97 Å². The van der Waals surface area contributed by atoms with Gasteiger partial charge >= 0.3 is 0 Å². The smallest absolute Gasteiger partial charge is 0.129 e. The first-order chi connectivity index (χ1) is 16.3. The molecule has 4 aromatic carbocycles. The van der Waals surface area contributed by atoms with Gasteiger partial charge in [0.25, 0.3) is 0 Å². The summed E-state index contributed by atoms with van der Waals surface area (Å²) in [6, 6.07) is 39.4. The van der Waals surface area contributed by atoms with Crippen LogP contribution in [0.25, 0.3) is 55.3 Å². The van der Waals surface area contributed by atoms with Gasteiger partial charge in [-0.3, -0.25) is 0 Å². The molecule has 33 heavy (non-hydrogen) atoms. The molecule has 0 atom stereocenters. The minimum absolute atomic E-state index is 0.460. The number of rotatable bonds is 3. The molecule has 0 saturated carbocycles. The zero-order chi connectivity index (χ0) is 22.2. The van der Waals surface area contributed by atoms with Crippen molar-refractivity contribution in [2.75, 3.05) is 0 Å². The highest BCUT2D eigenvalue weighted by molar-refractivity contribution is 6.30. The largest absolute Gasteiger partial charge is 0.245 e. The lowest BCUT2D eigenvalue weighted by Gasteiger charge is -2.18. The second-order valence-corrected chi connectivity index (χ2v) is 8.36. The van der Waals surface area contributed by atoms with E-state index < -0.39 is 0 Å². The third kappa shape index (κ3) is 3.45. The van der Waals surface area contributed by atoms with Crippen molar-refractivity contribution in [3.8, 4) is 33.5 Å². The van der Waals surface area contributed by atoms with Gasteiger partial charge in [0.15, 0.2) is 0 Å². The topological polar surface area (TPSA) is 25.8 Å². The quantitative estimate of drug-likeness (QED) is 0.203. The van der Waals surface area contributed by atoms with Gasteiger partial charge in [0.1, 0.15) is 5.15 Å². The Labute approximate surface area is 197 Å². The monoisotopic (exact) mass is 442 g/mol. The Kier molecular flexibility index (Phi) is 4.86. The van der Waals surface area contributed by atoms with Crippen LogP contribution in [-0.2, 0) is 0 Å². The molecule has 0 aliphatic heterocycles. The maximum Gasteiger partial charge on any atom is 0.129 e. The van der Waals surface area contributed by atoms with Crippen molar-refractivity contribution in [2.45, 2.75) is 0 Å². The fraction of sp³-hybridized carbons (Fsp3) is 0. The zero-order valence-electron chi connectivity index (χ0n) is 17.7. The Balaban J connectivity index is 1.81. The van der Waals surface area contributed by atoms with E-state index in [1.807, 2.05) is 36.4 Å². The van der Waals surface area contributed by atoms with E-state index in [4.69, 9.17) is 21.6 Å². The molecule has 6 aromatic rings. The van der Waals surface area contributed by atoms with Crippen LogP contribution in [0.5, 0.6) is 0 Å². The molecule has 0 saturated heterocycles. The van der Waals surface area contributed by atoms with Crippen molar-refractivity contribution < 1.29 is 0 Å². The molecule has 156 valence electrons. The lowest BCUT2D eigenvalue weighted by molar-refractivity contribution is 1.37. The van der Waals surface area contributed by atoms with Crippen molar-refractivity contribution in [1.82, 2.24) is 9.97 Å². The Bertz CT molecular complexity index is 1600. The molecule has 0 amide bonds. The normalized spacial score (nSPS) is 11.2. The molecule has 0 N–H and O–H groups in total. The molecule has 0 radical (unpaired) electrons. The molecular weight excluding hydrogens is 424 g/mol. The van der Waals surface area contributed by atoms with Crippen LogP contribution in [0.1, 0.15) is 0 Å². The van der Waals surface area contributed by atoms with Crippen molar-refractivity contribution in [3.63, 3.8) is 0 Å². The number of nitrogens with zero attached hydrogens (tertiary/aromatic N) is 2. The molecule has 2 nitrogen and oxygen atoms in total. The van der Waals surface area contributed by atoms with Crippen LogP contribution in [0, 0.1) is 0 Å². The Morgan fingerprint density at radius 1 is 0.424 bits per heavy atom. The fourth-order valence-electron chi connectivity index (χ4n) is 4.51. The highest BCUT2D eigenvalue weighted by Gasteiger charge is 2.20. The minimum Gasteiger partial charge on any atom is -0.245 e. The average molecular weight is 443 g/mol. The molecule has 3 heteroatoms. The summed E-state index contributed by atoms with van der Waals surface area (Å²) in [7, 11) is 0. The zero-order valence-corrected chi connectivity index (χ0v) is 18.5. The van der Waals surface area contributed by atoms with E-state index in [1.54, 1.807) is 0 Å². The SMILES string of the molecule is Clc1ccc2c(-c3ccccc3)c(-c3ccccc3)c3ccc(-c4ccccc4)nc3c2n1. The number of hydrogen-bond donors (Lipinski definition) is 0. The van der Waals surface area contributed by atoms with Crippen molar-refractivity contribution in [1.29, 1.82) is 0 Å². The second-order valence-electron chi connectivity index (χ2n) is 7.97. The molecule has 2 heterocycles. The van der Waals surface area contributed by atoms with E-state index in [-0.39, 0.29) is 0 Å². The first-order valence-electron chi connectivity index (χ1n) is 10.9. The average Bonchev–Trinajstić information content (AvgIpc) is 2.89. The van der Waals surface area contributed by atoms with Gasteiger partial charge in [-0.05, 0) is 46.5 Å². The summed E-state index contributed by atoms with van der Waals surface area (Å²) in [6.45, 7) is 0. The fourth-order valence-corrected chi connectivity index (χ4v) is 4.65. The van der Waals surface area contributed by atoms with E-state index in [9.17, 15) is 0 Å². The number of fused-ring (bicyclic) bond motifs is 3.